The molecule has 1 aromatic heterocycles. The summed E-state index contributed by atoms with van der Waals surface area (Å²) in [6.45, 7) is 3.53. The molecule has 0 radical (unpaired) electrons. The Kier molecular flexibility index (Phi) is 6.27. The monoisotopic (exact) mass is 430 g/mol. The number of fused-ring (bicyclic) bond motifs is 1. The van der Waals surface area contributed by atoms with Crippen LogP contribution in [0.5, 0.6) is 0 Å². The minimum absolute atomic E-state index is 0.00215. The molecule has 1 saturated heterocycles. The zero-order chi connectivity index (χ0) is 21.8. The second-order valence-electron chi connectivity index (χ2n) is 8.77. The molecule has 1 fully saturated rings. The van der Waals surface area contributed by atoms with E-state index in [9.17, 15) is 4.79 Å². The van der Waals surface area contributed by atoms with Crippen molar-refractivity contribution < 1.29 is 4.79 Å². The van der Waals surface area contributed by atoms with Gasteiger partial charge in [-0.1, -0.05) is 12.5 Å². The van der Waals surface area contributed by atoms with Crippen molar-refractivity contribution in [2.45, 2.75) is 44.3 Å². The molecule has 1 amide bonds. The lowest BCUT2D eigenvalue weighted by atomic mass is 9.94. The number of likely N-dealkylation sites (tertiary alicyclic amines) is 1. The maximum Gasteiger partial charge on any atom is 0.251 e. The van der Waals surface area contributed by atoms with Crippen molar-refractivity contribution in [3.8, 4) is 0 Å². The van der Waals surface area contributed by atoms with Crippen molar-refractivity contribution in [2.24, 2.45) is 4.99 Å². The zero-order valence-electron chi connectivity index (χ0n) is 18.3. The number of benzene rings is 1. The summed E-state index contributed by atoms with van der Waals surface area (Å²) in [5.41, 5.74) is 11.8. The third kappa shape index (κ3) is 4.74. The maximum absolute atomic E-state index is 13.2. The topological polar surface area (TPSA) is 81.7 Å². The summed E-state index contributed by atoms with van der Waals surface area (Å²) in [5, 5.41) is 3.30. The van der Waals surface area contributed by atoms with Crippen LogP contribution < -0.4 is 16.2 Å². The Balaban J connectivity index is 1.26. The molecule has 166 valence electrons. The van der Waals surface area contributed by atoms with Gasteiger partial charge < -0.3 is 10.7 Å². The van der Waals surface area contributed by atoms with Crippen LogP contribution in [0.4, 0.5) is 5.69 Å². The fourth-order valence-electron chi connectivity index (χ4n) is 4.79. The molecule has 0 aliphatic carbocycles. The zero-order valence-corrected chi connectivity index (χ0v) is 18.3. The number of aliphatic imine (C=N–C) groups is 1. The van der Waals surface area contributed by atoms with Crippen LogP contribution in [0.1, 0.15) is 53.3 Å². The van der Waals surface area contributed by atoms with Gasteiger partial charge >= 0.3 is 0 Å². The molecule has 4 heterocycles. The number of carbonyl (C=O) groups excluding carboxylic acids is 1. The number of dihydropyridines is 1. The number of hydrazine groups is 1. The lowest BCUT2D eigenvalue weighted by Crippen LogP contribution is -2.42. The Morgan fingerprint density at radius 2 is 2.19 bits per heavy atom. The molecule has 3 aliphatic rings. The Bertz CT molecular complexity index is 1020. The first-order valence-electron chi connectivity index (χ1n) is 11.5. The maximum atomic E-state index is 13.2. The Hall–Kier alpha value is -3.03. The summed E-state index contributed by atoms with van der Waals surface area (Å²) < 4.78 is 0. The van der Waals surface area contributed by atoms with E-state index in [-0.39, 0.29) is 18.0 Å². The standard InChI is InChI=1S/C25H30N6O/c32-25(28-21-6-2-4-14-31(17-21)16-20-5-1-3-11-27-20)19-7-8-23-22(15-19)24(30-29-23)18-9-12-26-13-10-18/h1,3,5,7-9,11-12,15,21,24,29-30H,2,4,6,10,13-14,16-17H2,(H,28,32). The molecular weight excluding hydrogens is 400 g/mol. The predicted octanol–water partition coefficient (Wildman–Crippen LogP) is 3.24. The lowest BCUT2D eigenvalue weighted by Gasteiger charge is -2.25. The molecule has 3 aliphatic heterocycles. The predicted molar refractivity (Wildman–Crippen MR) is 127 cm³/mol. The highest BCUT2D eigenvalue weighted by atomic mass is 16.1. The van der Waals surface area contributed by atoms with Crippen LogP contribution in [0.15, 0.2) is 59.2 Å². The molecule has 5 rings (SSSR count). The minimum atomic E-state index is 0.00215. The van der Waals surface area contributed by atoms with E-state index >= 15 is 0 Å². The van der Waals surface area contributed by atoms with Crippen LogP contribution in [-0.2, 0) is 6.54 Å². The molecule has 2 aromatic rings. The van der Waals surface area contributed by atoms with Crippen LogP contribution in [0, 0.1) is 0 Å². The third-order valence-corrected chi connectivity index (χ3v) is 6.47. The molecular formula is C25H30N6O. The van der Waals surface area contributed by atoms with Crippen LogP contribution in [0.2, 0.25) is 0 Å². The van der Waals surface area contributed by atoms with Crippen molar-refractivity contribution in [2.75, 3.05) is 25.1 Å². The fourth-order valence-corrected chi connectivity index (χ4v) is 4.79. The summed E-state index contributed by atoms with van der Waals surface area (Å²) in [6.07, 6.45) is 10.00. The lowest BCUT2D eigenvalue weighted by molar-refractivity contribution is 0.0925. The number of nitrogens with zero attached hydrogens (tertiary/aromatic N) is 3. The van der Waals surface area contributed by atoms with Gasteiger partial charge in [0.05, 0.1) is 17.4 Å². The average molecular weight is 431 g/mol. The molecule has 0 saturated carbocycles. The van der Waals surface area contributed by atoms with Gasteiger partial charge in [-0.2, -0.15) is 0 Å². The van der Waals surface area contributed by atoms with Crippen molar-refractivity contribution in [1.29, 1.82) is 0 Å². The quantitative estimate of drug-likeness (QED) is 0.679. The van der Waals surface area contributed by atoms with Gasteiger partial charge in [0.1, 0.15) is 0 Å². The minimum Gasteiger partial charge on any atom is -0.348 e. The first-order valence-corrected chi connectivity index (χ1v) is 11.5. The SMILES string of the molecule is O=C(NC1CCCCN(Cc2ccccn2)C1)c1ccc2c(c1)C(C1=CC=NCC1)NN2. The summed E-state index contributed by atoms with van der Waals surface area (Å²) in [4.78, 5) is 24.3. The highest BCUT2D eigenvalue weighted by molar-refractivity contribution is 5.95. The average Bonchev–Trinajstić information content (AvgIpc) is 3.14. The van der Waals surface area contributed by atoms with Gasteiger partial charge in [-0.05, 0) is 67.8 Å². The van der Waals surface area contributed by atoms with Gasteiger partial charge in [0.2, 0.25) is 0 Å². The number of aromatic nitrogens is 1. The van der Waals surface area contributed by atoms with Crippen molar-refractivity contribution in [3.63, 3.8) is 0 Å². The number of nitrogens with one attached hydrogen (secondary N) is 3. The van der Waals surface area contributed by atoms with E-state index in [1.54, 1.807) is 0 Å². The second-order valence-corrected chi connectivity index (χ2v) is 8.77. The molecule has 0 bridgehead atoms. The van der Waals surface area contributed by atoms with Gasteiger partial charge in [-0.25, -0.2) is 5.43 Å². The molecule has 7 heteroatoms. The Morgan fingerprint density at radius 1 is 1.22 bits per heavy atom. The van der Waals surface area contributed by atoms with Crippen LogP contribution >= 0.6 is 0 Å². The van der Waals surface area contributed by atoms with E-state index in [4.69, 9.17) is 0 Å². The van der Waals surface area contributed by atoms with E-state index in [1.807, 2.05) is 42.7 Å². The van der Waals surface area contributed by atoms with Crippen LogP contribution in [0.25, 0.3) is 0 Å². The number of hydrogen-bond acceptors (Lipinski definition) is 6. The summed E-state index contributed by atoms with van der Waals surface area (Å²) >= 11 is 0. The van der Waals surface area contributed by atoms with Gasteiger partial charge in [0.25, 0.3) is 5.91 Å². The van der Waals surface area contributed by atoms with Crippen molar-refractivity contribution in [1.82, 2.24) is 20.6 Å². The normalized spacial score (nSPS) is 23.1. The van der Waals surface area contributed by atoms with Gasteiger partial charge in [0, 0.05) is 49.2 Å². The van der Waals surface area contributed by atoms with E-state index in [0.29, 0.717) is 5.56 Å². The highest BCUT2D eigenvalue weighted by Gasteiger charge is 2.27. The number of carbonyl (C=O) groups is 1. The first-order chi connectivity index (χ1) is 15.8. The molecule has 2 unspecified atom stereocenters. The van der Waals surface area contributed by atoms with E-state index in [1.165, 1.54) is 5.57 Å². The third-order valence-electron chi connectivity index (χ3n) is 6.47. The van der Waals surface area contributed by atoms with Crippen LogP contribution in [-0.4, -0.2) is 47.7 Å². The van der Waals surface area contributed by atoms with Crippen molar-refractivity contribution in [3.05, 3.63) is 71.1 Å². The van der Waals surface area contributed by atoms with Gasteiger partial charge in [-0.3, -0.25) is 19.7 Å². The second kappa shape index (κ2) is 9.63. The summed E-state index contributed by atoms with van der Waals surface area (Å²) in [6, 6.07) is 12.2. The van der Waals surface area contributed by atoms with E-state index < -0.39 is 0 Å². The molecule has 7 nitrogen and oxygen atoms in total. The Labute approximate surface area is 189 Å². The summed E-state index contributed by atoms with van der Waals surface area (Å²) in [7, 11) is 0. The van der Waals surface area contributed by atoms with Gasteiger partial charge in [0.15, 0.2) is 0 Å². The van der Waals surface area contributed by atoms with Crippen LogP contribution in [0.3, 0.4) is 0 Å². The number of anilines is 1. The van der Waals surface area contributed by atoms with E-state index in [2.05, 4.69) is 43.2 Å². The smallest absolute Gasteiger partial charge is 0.251 e. The number of rotatable bonds is 5. The summed E-state index contributed by atoms with van der Waals surface area (Å²) in [5.74, 6) is 0.00215. The van der Waals surface area contributed by atoms with Gasteiger partial charge in [-0.15, -0.1) is 0 Å². The molecule has 2 atom stereocenters. The molecule has 1 aromatic carbocycles. The highest BCUT2D eigenvalue weighted by Crippen LogP contribution is 2.35. The first kappa shape index (κ1) is 20.8. The number of amides is 1. The molecule has 32 heavy (non-hydrogen) atoms. The number of allylic oxidation sites excluding steroid dienone is 1. The van der Waals surface area contributed by atoms with Crippen molar-refractivity contribution >= 4 is 17.8 Å². The number of hydrogen-bond donors (Lipinski definition) is 3. The molecule has 0 spiro atoms. The Morgan fingerprint density at radius 3 is 3.03 bits per heavy atom. The van der Waals surface area contributed by atoms with E-state index in [0.717, 1.165) is 68.8 Å². The largest absolute Gasteiger partial charge is 0.348 e. The fraction of sp³-hybridized carbons (Fsp3) is 0.400. The molecule has 3 N–H and O–H groups in total. The number of pyridine rings is 1.